The summed E-state index contributed by atoms with van der Waals surface area (Å²) in [6.45, 7) is 10.4. The quantitative estimate of drug-likeness (QED) is 0.130. The third kappa shape index (κ3) is 6.46. The van der Waals surface area contributed by atoms with Crippen LogP contribution in [0.5, 0.6) is 5.75 Å². The lowest BCUT2D eigenvalue weighted by atomic mass is 9.79. The maximum atomic E-state index is 12.1. The predicted octanol–water partition coefficient (Wildman–Crippen LogP) is 9.11. The Morgan fingerprint density at radius 3 is 2.28 bits per heavy atom. The normalized spacial score (nSPS) is 13.9. The fourth-order valence-electron chi connectivity index (χ4n) is 6.22. The molecule has 1 N–H and O–H groups in total. The van der Waals surface area contributed by atoms with E-state index in [1.165, 1.54) is 16.7 Å². The van der Waals surface area contributed by atoms with Crippen molar-refractivity contribution in [3.8, 4) is 28.0 Å². The number of fused-ring (bicyclic) bond motifs is 3. The highest BCUT2D eigenvalue weighted by Crippen LogP contribution is 2.55. The molecule has 6 heteroatoms. The van der Waals surface area contributed by atoms with E-state index in [4.69, 9.17) is 9.47 Å². The Bertz CT molecular complexity index is 1580. The number of carboxylic acids is 1. The molecule has 0 radical (unpaired) electrons. The number of aryl methyl sites for hydroxylation is 1. The van der Waals surface area contributed by atoms with E-state index >= 15 is 0 Å². The topological polar surface area (TPSA) is 59.0 Å². The fourth-order valence-corrected chi connectivity index (χ4v) is 7.06. The Morgan fingerprint density at radius 2 is 1.58 bits per heavy atom. The van der Waals surface area contributed by atoms with Crippen LogP contribution in [-0.2, 0) is 22.6 Å². The van der Waals surface area contributed by atoms with E-state index in [1.807, 2.05) is 18.2 Å². The summed E-state index contributed by atoms with van der Waals surface area (Å²) < 4.78 is 14.7. The third-order valence-electron chi connectivity index (χ3n) is 8.34. The minimum Gasteiger partial charge on any atom is -0.493 e. The highest BCUT2D eigenvalue weighted by atomic mass is 32.2. The van der Waals surface area contributed by atoms with Crippen molar-refractivity contribution in [3.05, 3.63) is 106 Å². The molecule has 4 aromatic carbocycles. The first kappa shape index (κ1) is 30.7. The van der Waals surface area contributed by atoms with Crippen molar-refractivity contribution in [1.82, 2.24) is 0 Å². The van der Waals surface area contributed by atoms with Crippen LogP contribution < -0.4 is 9.04 Å². The standard InChI is InChI=1S/C37H41NO4S/c1-24-16-18-29(19-17-24)34-26(3)35-36-30(27(4)38(43-5)37(35)25(2)31(34)22-33(39)40)14-11-15-32(36)42-21-10-9-20-41-23-28-12-7-6-8-13-28/h6-8,11-19,27H,9-10,20-23H2,1-5H3,(H,39,40)/t27-/m0/s1. The molecule has 1 aliphatic rings. The summed E-state index contributed by atoms with van der Waals surface area (Å²) in [7, 11) is 0. The number of ether oxygens (including phenoxy) is 2. The molecule has 1 aliphatic heterocycles. The molecule has 5 nitrogen and oxygen atoms in total. The van der Waals surface area contributed by atoms with E-state index < -0.39 is 5.97 Å². The van der Waals surface area contributed by atoms with Gasteiger partial charge in [-0.15, -0.1) is 0 Å². The predicted molar refractivity (Wildman–Crippen MR) is 178 cm³/mol. The second-order valence-electron chi connectivity index (χ2n) is 11.3. The van der Waals surface area contributed by atoms with Gasteiger partial charge in [0.15, 0.2) is 0 Å². The molecule has 0 fully saturated rings. The zero-order valence-corrected chi connectivity index (χ0v) is 26.6. The number of aliphatic carboxylic acids is 1. The Balaban J connectivity index is 1.49. The van der Waals surface area contributed by atoms with Gasteiger partial charge in [-0.05, 0) is 85.5 Å². The van der Waals surface area contributed by atoms with Crippen LogP contribution in [0.2, 0.25) is 0 Å². The number of carboxylic acid groups (broad SMARTS) is 1. The van der Waals surface area contributed by atoms with E-state index in [0.29, 0.717) is 19.8 Å². The number of nitrogens with zero attached hydrogens (tertiary/aromatic N) is 1. The first-order valence-electron chi connectivity index (χ1n) is 15.0. The van der Waals surface area contributed by atoms with Gasteiger partial charge in [0.25, 0.3) is 0 Å². The number of hydrogen-bond donors (Lipinski definition) is 1. The summed E-state index contributed by atoms with van der Waals surface area (Å²) in [5.41, 5.74) is 11.9. The van der Waals surface area contributed by atoms with Crippen LogP contribution in [0.25, 0.3) is 22.3 Å². The molecule has 4 aromatic rings. The van der Waals surface area contributed by atoms with Crippen LogP contribution in [0, 0.1) is 20.8 Å². The number of carbonyl (C=O) groups is 1. The van der Waals surface area contributed by atoms with Gasteiger partial charge in [0.1, 0.15) is 5.75 Å². The van der Waals surface area contributed by atoms with Gasteiger partial charge in [0.05, 0.1) is 31.4 Å². The summed E-state index contributed by atoms with van der Waals surface area (Å²) in [4.78, 5) is 12.1. The molecule has 0 aliphatic carbocycles. The number of hydrogen-bond acceptors (Lipinski definition) is 5. The van der Waals surface area contributed by atoms with E-state index in [9.17, 15) is 9.90 Å². The molecule has 5 rings (SSSR count). The Labute approximate surface area is 260 Å². The molecule has 0 amide bonds. The van der Waals surface area contributed by atoms with E-state index in [2.05, 4.69) is 92.9 Å². The van der Waals surface area contributed by atoms with Crippen molar-refractivity contribution in [2.45, 2.75) is 59.6 Å². The largest absolute Gasteiger partial charge is 0.493 e. The first-order chi connectivity index (χ1) is 20.8. The van der Waals surface area contributed by atoms with Crippen LogP contribution in [-0.4, -0.2) is 30.5 Å². The lowest BCUT2D eigenvalue weighted by Crippen LogP contribution is -2.26. The average molecular weight is 596 g/mol. The summed E-state index contributed by atoms with van der Waals surface area (Å²) in [6, 6.07) is 25.1. The van der Waals surface area contributed by atoms with Gasteiger partial charge in [0.2, 0.25) is 0 Å². The summed E-state index contributed by atoms with van der Waals surface area (Å²) >= 11 is 1.68. The van der Waals surface area contributed by atoms with Crippen LogP contribution in [0.3, 0.4) is 0 Å². The van der Waals surface area contributed by atoms with E-state index in [-0.39, 0.29) is 12.5 Å². The summed E-state index contributed by atoms with van der Waals surface area (Å²) in [5, 5.41) is 9.96. The number of unbranched alkanes of at least 4 members (excludes halogenated alkanes) is 1. The van der Waals surface area contributed by atoms with Crippen LogP contribution in [0.15, 0.2) is 72.8 Å². The summed E-state index contributed by atoms with van der Waals surface area (Å²) in [5.74, 6) is 0.0486. The van der Waals surface area contributed by atoms with Crippen LogP contribution >= 0.6 is 11.9 Å². The van der Waals surface area contributed by atoms with E-state index in [0.717, 1.165) is 63.2 Å². The monoisotopic (exact) mass is 595 g/mol. The zero-order valence-electron chi connectivity index (χ0n) is 25.8. The molecular formula is C37H41NO4S. The highest BCUT2D eigenvalue weighted by Gasteiger charge is 2.35. The van der Waals surface area contributed by atoms with Gasteiger partial charge in [-0.2, -0.15) is 0 Å². The molecule has 0 saturated heterocycles. The fraction of sp³-hybridized carbons (Fsp3) is 0.324. The van der Waals surface area contributed by atoms with Gasteiger partial charge < -0.3 is 18.9 Å². The van der Waals surface area contributed by atoms with Gasteiger partial charge in [-0.3, -0.25) is 4.79 Å². The Hall–Kier alpha value is -3.74. The van der Waals surface area contributed by atoms with E-state index in [1.54, 1.807) is 11.9 Å². The Morgan fingerprint density at radius 1 is 0.860 bits per heavy atom. The van der Waals surface area contributed by atoms with Gasteiger partial charge in [0, 0.05) is 24.0 Å². The number of benzene rings is 4. The molecule has 0 aromatic heterocycles. The highest BCUT2D eigenvalue weighted by molar-refractivity contribution is 8.00. The molecule has 0 spiro atoms. The first-order valence-corrected chi connectivity index (χ1v) is 16.2. The van der Waals surface area contributed by atoms with Crippen molar-refractivity contribution < 1.29 is 19.4 Å². The van der Waals surface area contributed by atoms with Crippen molar-refractivity contribution in [1.29, 1.82) is 0 Å². The lowest BCUT2D eigenvalue weighted by molar-refractivity contribution is -0.136. The molecule has 1 atom stereocenters. The van der Waals surface area contributed by atoms with Gasteiger partial charge in [-0.1, -0.05) is 84.2 Å². The average Bonchev–Trinajstić information content (AvgIpc) is 3.00. The Kier molecular flexibility index (Phi) is 9.79. The second kappa shape index (κ2) is 13.7. The third-order valence-corrected chi connectivity index (χ3v) is 9.24. The molecular weight excluding hydrogens is 554 g/mol. The van der Waals surface area contributed by atoms with Crippen molar-refractivity contribution >= 4 is 23.6 Å². The SMILES string of the molecule is CSN1c2c(C)c(CC(=O)O)c(-c3ccc(C)cc3)c(C)c2-c2c(OCCCCOCc3ccccc3)cccc2[C@@H]1C. The molecule has 0 saturated carbocycles. The molecule has 43 heavy (non-hydrogen) atoms. The molecule has 1 heterocycles. The van der Waals surface area contributed by atoms with Gasteiger partial charge >= 0.3 is 5.97 Å². The minimum atomic E-state index is -0.826. The number of rotatable bonds is 12. The van der Waals surface area contributed by atoms with Crippen molar-refractivity contribution in [2.24, 2.45) is 0 Å². The second-order valence-corrected chi connectivity index (χ2v) is 12.0. The van der Waals surface area contributed by atoms with Gasteiger partial charge in [-0.25, -0.2) is 0 Å². The van der Waals surface area contributed by atoms with Crippen molar-refractivity contribution in [3.63, 3.8) is 0 Å². The molecule has 0 unspecified atom stereocenters. The zero-order chi connectivity index (χ0) is 30.5. The minimum absolute atomic E-state index is 0.0306. The van der Waals surface area contributed by atoms with Crippen molar-refractivity contribution in [2.75, 3.05) is 23.8 Å². The molecule has 224 valence electrons. The smallest absolute Gasteiger partial charge is 0.307 e. The van der Waals surface area contributed by atoms with Crippen LogP contribution in [0.4, 0.5) is 5.69 Å². The molecule has 0 bridgehead atoms. The maximum Gasteiger partial charge on any atom is 0.307 e. The number of anilines is 1. The summed E-state index contributed by atoms with van der Waals surface area (Å²) in [6.07, 6.45) is 3.87. The van der Waals surface area contributed by atoms with Crippen LogP contribution in [0.1, 0.15) is 59.2 Å². The lowest BCUT2D eigenvalue weighted by Gasteiger charge is -2.40. The maximum absolute atomic E-state index is 12.1.